The summed E-state index contributed by atoms with van der Waals surface area (Å²) in [6.45, 7) is 4.72. The van der Waals surface area contributed by atoms with Crippen LogP contribution in [-0.4, -0.2) is 79.0 Å². The highest BCUT2D eigenvalue weighted by atomic mass is 19.4. The number of alkyl halides is 3. The molecule has 28 heavy (non-hydrogen) atoms. The molecule has 1 amide bonds. The number of hydrogen-bond donors (Lipinski definition) is 0. The second-order valence-corrected chi connectivity index (χ2v) is 7.05. The van der Waals surface area contributed by atoms with Crippen LogP contribution in [0, 0.1) is 0 Å². The van der Waals surface area contributed by atoms with E-state index in [4.69, 9.17) is 4.42 Å². The summed E-state index contributed by atoms with van der Waals surface area (Å²) >= 11 is 0. The number of likely N-dealkylation sites (N-methyl/N-ethyl adjacent to an activating group) is 1. The third-order valence-corrected chi connectivity index (χ3v) is 4.71. The lowest BCUT2D eigenvalue weighted by atomic mass is 10.1. The van der Waals surface area contributed by atoms with Gasteiger partial charge in [0.05, 0.1) is 5.56 Å². The van der Waals surface area contributed by atoms with Crippen molar-refractivity contribution in [1.29, 1.82) is 0 Å². The Morgan fingerprint density at radius 3 is 2.36 bits per heavy atom. The van der Waals surface area contributed by atoms with Crippen molar-refractivity contribution < 1.29 is 22.4 Å². The molecule has 0 radical (unpaired) electrons. The average molecular weight is 396 g/mol. The van der Waals surface area contributed by atoms with Crippen LogP contribution in [0.1, 0.15) is 16.1 Å². The molecule has 0 bridgehead atoms. The van der Waals surface area contributed by atoms with Crippen molar-refractivity contribution in [3.63, 3.8) is 0 Å². The summed E-state index contributed by atoms with van der Waals surface area (Å²) < 4.78 is 43.3. The molecule has 0 N–H and O–H groups in total. The van der Waals surface area contributed by atoms with E-state index in [1.165, 1.54) is 18.4 Å². The van der Waals surface area contributed by atoms with Crippen LogP contribution < -0.4 is 0 Å². The van der Waals surface area contributed by atoms with Gasteiger partial charge in [0.1, 0.15) is 6.26 Å². The van der Waals surface area contributed by atoms with E-state index < -0.39 is 11.7 Å². The molecule has 1 aliphatic rings. The van der Waals surface area contributed by atoms with E-state index in [0.717, 1.165) is 38.3 Å². The number of halogens is 3. The molecule has 6 nitrogen and oxygen atoms in total. The molecular formula is C19H23F3N4O2. The Balaban J connectivity index is 1.60. The summed E-state index contributed by atoms with van der Waals surface area (Å²) in [6.07, 6.45) is -3.14. The smallest absolute Gasteiger partial charge is 0.416 e. The quantitative estimate of drug-likeness (QED) is 0.778. The lowest BCUT2D eigenvalue weighted by Gasteiger charge is -2.34. The van der Waals surface area contributed by atoms with E-state index in [0.29, 0.717) is 18.7 Å². The SMILES string of the molecule is CN(C)CCN1CCN(C(=O)c2coc(-c3ccc(C(F)(F)F)cc3)n2)CC1. The number of carbonyl (C=O) groups is 1. The van der Waals surface area contributed by atoms with Gasteiger partial charge in [-0.2, -0.15) is 13.2 Å². The second kappa shape index (κ2) is 8.32. The minimum absolute atomic E-state index is 0.127. The van der Waals surface area contributed by atoms with E-state index >= 15 is 0 Å². The molecule has 3 rings (SSSR count). The van der Waals surface area contributed by atoms with Crippen molar-refractivity contribution in [1.82, 2.24) is 19.7 Å². The van der Waals surface area contributed by atoms with E-state index in [2.05, 4.69) is 14.8 Å². The largest absolute Gasteiger partial charge is 0.444 e. The summed E-state index contributed by atoms with van der Waals surface area (Å²) in [5, 5.41) is 0. The topological polar surface area (TPSA) is 52.8 Å². The van der Waals surface area contributed by atoms with Crippen LogP contribution in [0.4, 0.5) is 13.2 Å². The predicted octanol–water partition coefficient (Wildman–Crippen LogP) is 2.68. The van der Waals surface area contributed by atoms with Crippen LogP contribution in [0.2, 0.25) is 0 Å². The third-order valence-electron chi connectivity index (χ3n) is 4.71. The predicted molar refractivity (Wildman–Crippen MR) is 97.8 cm³/mol. The fourth-order valence-electron chi connectivity index (χ4n) is 2.98. The van der Waals surface area contributed by atoms with Crippen molar-refractivity contribution >= 4 is 5.91 Å². The number of nitrogens with zero attached hydrogens (tertiary/aromatic N) is 4. The first-order valence-corrected chi connectivity index (χ1v) is 9.03. The van der Waals surface area contributed by atoms with Crippen LogP contribution >= 0.6 is 0 Å². The van der Waals surface area contributed by atoms with Gasteiger partial charge in [-0.1, -0.05) is 0 Å². The molecule has 152 valence electrons. The van der Waals surface area contributed by atoms with Crippen molar-refractivity contribution in [3.8, 4) is 11.5 Å². The molecule has 2 heterocycles. The van der Waals surface area contributed by atoms with Crippen LogP contribution in [0.25, 0.3) is 11.5 Å². The lowest BCUT2D eigenvalue weighted by molar-refractivity contribution is -0.137. The Morgan fingerprint density at radius 2 is 1.79 bits per heavy atom. The molecule has 1 aromatic heterocycles. The number of rotatable bonds is 5. The number of amides is 1. The lowest BCUT2D eigenvalue weighted by Crippen LogP contribution is -2.50. The minimum Gasteiger partial charge on any atom is -0.444 e. The Kier molecular flexibility index (Phi) is 6.04. The Bertz CT molecular complexity index is 794. The van der Waals surface area contributed by atoms with Gasteiger partial charge in [-0.05, 0) is 38.4 Å². The van der Waals surface area contributed by atoms with E-state index in [1.54, 1.807) is 4.90 Å². The summed E-state index contributed by atoms with van der Waals surface area (Å²) in [7, 11) is 4.05. The van der Waals surface area contributed by atoms with Crippen molar-refractivity contribution in [3.05, 3.63) is 41.8 Å². The van der Waals surface area contributed by atoms with E-state index in [-0.39, 0.29) is 17.5 Å². The zero-order chi connectivity index (χ0) is 20.3. The third kappa shape index (κ3) is 4.90. The number of carbonyl (C=O) groups excluding carboxylic acids is 1. The Morgan fingerprint density at radius 1 is 1.14 bits per heavy atom. The fraction of sp³-hybridized carbons (Fsp3) is 0.474. The van der Waals surface area contributed by atoms with E-state index in [1.807, 2.05) is 14.1 Å². The maximum absolute atomic E-state index is 12.7. The minimum atomic E-state index is -4.40. The van der Waals surface area contributed by atoms with Gasteiger partial charge < -0.3 is 14.2 Å². The normalized spacial score (nSPS) is 16.0. The summed E-state index contributed by atoms with van der Waals surface area (Å²) in [5.41, 5.74) is -0.191. The van der Waals surface area contributed by atoms with Crippen molar-refractivity contribution in [2.24, 2.45) is 0 Å². The first-order valence-electron chi connectivity index (χ1n) is 9.03. The zero-order valence-electron chi connectivity index (χ0n) is 15.9. The molecule has 1 fully saturated rings. The van der Waals surface area contributed by atoms with Gasteiger partial charge in [0.15, 0.2) is 5.69 Å². The van der Waals surface area contributed by atoms with Crippen LogP contribution in [0.15, 0.2) is 34.9 Å². The van der Waals surface area contributed by atoms with Gasteiger partial charge >= 0.3 is 6.18 Å². The number of piperazine rings is 1. The average Bonchev–Trinajstić information content (AvgIpc) is 3.16. The number of hydrogen-bond acceptors (Lipinski definition) is 5. The summed E-state index contributed by atoms with van der Waals surface area (Å²) in [5.74, 6) is -0.101. The van der Waals surface area contributed by atoms with Crippen LogP contribution in [-0.2, 0) is 6.18 Å². The van der Waals surface area contributed by atoms with Gasteiger partial charge in [-0.15, -0.1) is 0 Å². The molecule has 0 unspecified atom stereocenters. The highest BCUT2D eigenvalue weighted by Gasteiger charge is 2.30. The Hall–Kier alpha value is -2.39. The second-order valence-electron chi connectivity index (χ2n) is 7.05. The van der Waals surface area contributed by atoms with Crippen molar-refractivity contribution in [2.75, 3.05) is 53.4 Å². The van der Waals surface area contributed by atoms with Gasteiger partial charge in [0, 0.05) is 44.8 Å². The number of benzene rings is 1. The number of aromatic nitrogens is 1. The van der Waals surface area contributed by atoms with Crippen LogP contribution in [0.3, 0.4) is 0 Å². The summed E-state index contributed by atoms with van der Waals surface area (Å²) in [6, 6.07) is 4.50. The maximum atomic E-state index is 12.7. The molecule has 0 aliphatic carbocycles. The molecule has 0 spiro atoms. The summed E-state index contributed by atoms with van der Waals surface area (Å²) in [4.78, 5) is 22.9. The molecule has 1 saturated heterocycles. The number of oxazole rings is 1. The van der Waals surface area contributed by atoms with Crippen LogP contribution in [0.5, 0.6) is 0 Å². The maximum Gasteiger partial charge on any atom is 0.416 e. The van der Waals surface area contributed by atoms with Gasteiger partial charge in [0.2, 0.25) is 5.89 Å². The zero-order valence-corrected chi connectivity index (χ0v) is 15.9. The molecule has 0 saturated carbocycles. The van der Waals surface area contributed by atoms with Gasteiger partial charge in [0.25, 0.3) is 5.91 Å². The monoisotopic (exact) mass is 396 g/mol. The van der Waals surface area contributed by atoms with Gasteiger partial charge in [-0.25, -0.2) is 4.98 Å². The first-order chi connectivity index (χ1) is 13.2. The fourth-order valence-corrected chi connectivity index (χ4v) is 2.98. The van der Waals surface area contributed by atoms with Crippen molar-refractivity contribution in [2.45, 2.75) is 6.18 Å². The molecule has 1 aliphatic heterocycles. The highest BCUT2D eigenvalue weighted by Crippen LogP contribution is 2.30. The molecule has 2 aromatic rings. The first kappa shape index (κ1) is 20.3. The molecule has 0 atom stereocenters. The molecule has 9 heteroatoms. The standard InChI is InChI=1S/C19H23F3N4O2/c1-24(2)7-8-25-9-11-26(12-10-25)18(27)16-13-28-17(23-16)14-3-5-15(6-4-14)19(20,21)22/h3-6,13H,7-12H2,1-2H3. The Labute approximate surface area is 161 Å². The molecular weight excluding hydrogens is 373 g/mol. The molecule has 1 aromatic carbocycles. The van der Waals surface area contributed by atoms with E-state index in [9.17, 15) is 18.0 Å². The highest BCUT2D eigenvalue weighted by molar-refractivity contribution is 5.92. The van der Waals surface area contributed by atoms with Gasteiger partial charge in [-0.3, -0.25) is 9.69 Å².